The first kappa shape index (κ1) is 16.0. The minimum atomic E-state index is 0.0199. The standard InChI is InChI=1S/C17H26N2O2/c1-2-3-4-5-8-19(9-10-20)17(21)14-6-7-15-12-18-13-16(15)11-14/h6-7,11,18,20H,2-5,8-10,12-13H2,1H3. The van der Waals surface area contributed by atoms with Crippen LogP contribution in [0.1, 0.15) is 54.1 Å². The third-order valence-corrected chi connectivity index (χ3v) is 4.02. The molecule has 1 aromatic rings. The zero-order valence-corrected chi connectivity index (χ0v) is 12.9. The van der Waals surface area contributed by atoms with E-state index in [2.05, 4.69) is 12.2 Å². The first-order chi connectivity index (χ1) is 10.3. The van der Waals surface area contributed by atoms with Crippen LogP contribution in [0.2, 0.25) is 0 Å². The van der Waals surface area contributed by atoms with Crippen molar-refractivity contribution in [1.82, 2.24) is 10.2 Å². The summed E-state index contributed by atoms with van der Waals surface area (Å²) in [7, 11) is 0. The zero-order chi connectivity index (χ0) is 15.1. The fourth-order valence-electron chi connectivity index (χ4n) is 2.78. The monoisotopic (exact) mass is 290 g/mol. The SMILES string of the molecule is CCCCCCN(CCO)C(=O)c1ccc2c(c1)CNC2. The first-order valence-electron chi connectivity index (χ1n) is 7.99. The Hall–Kier alpha value is -1.39. The Balaban J connectivity index is 2.00. The molecule has 4 nitrogen and oxygen atoms in total. The molecule has 0 radical (unpaired) electrons. The molecule has 116 valence electrons. The zero-order valence-electron chi connectivity index (χ0n) is 12.9. The van der Waals surface area contributed by atoms with E-state index >= 15 is 0 Å². The second kappa shape index (κ2) is 8.15. The number of amides is 1. The predicted octanol–water partition coefficient (Wildman–Crippen LogP) is 2.30. The molecule has 0 aliphatic carbocycles. The van der Waals surface area contributed by atoms with Gasteiger partial charge in [-0.25, -0.2) is 0 Å². The fraction of sp³-hybridized carbons (Fsp3) is 0.588. The molecular weight excluding hydrogens is 264 g/mol. The van der Waals surface area contributed by atoms with Crippen LogP contribution in [-0.4, -0.2) is 35.6 Å². The molecular formula is C17H26N2O2. The van der Waals surface area contributed by atoms with Gasteiger partial charge < -0.3 is 15.3 Å². The van der Waals surface area contributed by atoms with Gasteiger partial charge >= 0.3 is 0 Å². The summed E-state index contributed by atoms with van der Waals surface area (Å²) >= 11 is 0. The van der Waals surface area contributed by atoms with Gasteiger partial charge in [-0.2, -0.15) is 0 Å². The van der Waals surface area contributed by atoms with Gasteiger partial charge in [0.25, 0.3) is 5.91 Å². The van der Waals surface area contributed by atoms with E-state index in [4.69, 9.17) is 0 Å². The maximum Gasteiger partial charge on any atom is 0.253 e. The van der Waals surface area contributed by atoms with Crippen molar-refractivity contribution in [3.8, 4) is 0 Å². The van der Waals surface area contributed by atoms with Crippen LogP contribution in [0, 0.1) is 0 Å². The van der Waals surface area contributed by atoms with Crippen molar-refractivity contribution >= 4 is 5.91 Å². The Kier molecular flexibility index (Phi) is 6.21. The normalized spacial score (nSPS) is 13.2. The largest absolute Gasteiger partial charge is 0.395 e. The molecule has 21 heavy (non-hydrogen) atoms. The van der Waals surface area contributed by atoms with E-state index < -0.39 is 0 Å². The average molecular weight is 290 g/mol. The van der Waals surface area contributed by atoms with Gasteiger partial charge in [0.15, 0.2) is 0 Å². The summed E-state index contributed by atoms with van der Waals surface area (Å²) in [6, 6.07) is 5.94. The molecule has 0 saturated carbocycles. The lowest BCUT2D eigenvalue weighted by atomic mass is 10.1. The number of unbranched alkanes of at least 4 members (excludes halogenated alkanes) is 3. The minimum absolute atomic E-state index is 0.0199. The van der Waals surface area contributed by atoms with E-state index in [0.717, 1.165) is 38.0 Å². The van der Waals surface area contributed by atoms with Crippen LogP contribution in [0.25, 0.3) is 0 Å². The molecule has 0 aromatic heterocycles. The highest BCUT2D eigenvalue weighted by Gasteiger charge is 2.18. The van der Waals surface area contributed by atoms with Gasteiger partial charge in [0.1, 0.15) is 0 Å². The lowest BCUT2D eigenvalue weighted by Crippen LogP contribution is -2.34. The number of hydrogen-bond donors (Lipinski definition) is 2. The first-order valence-corrected chi connectivity index (χ1v) is 7.99. The number of aliphatic hydroxyl groups excluding tert-OH is 1. The number of nitrogens with one attached hydrogen (secondary N) is 1. The Bertz CT molecular complexity index is 474. The topological polar surface area (TPSA) is 52.6 Å². The Morgan fingerprint density at radius 3 is 2.76 bits per heavy atom. The lowest BCUT2D eigenvalue weighted by molar-refractivity contribution is 0.0718. The van der Waals surface area contributed by atoms with Crippen molar-refractivity contribution in [1.29, 1.82) is 0 Å². The third-order valence-electron chi connectivity index (χ3n) is 4.02. The Morgan fingerprint density at radius 2 is 2.00 bits per heavy atom. The summed E-state index contributed by atoms with van der Waals surface area (Å²) in [5.41, 5.74) is 3.24. The molecule has 0 fully saturated rings. The maximum absolute atomic E-state index is 12.6. The van der Waals surface area contributed by atoms with Crippen molar-refractivity contribution in [2.45, 2.75) is 45.7 Å². The van der Waals surface area contributed by atoms with Gasteiger partial charge in [-0.1, -0.05) is 32.3 Å². The number of rotatable bonds is 8. The molecule has 0 saturated heterocycles. The molecule has 1 aliphatic rings. The highest BCUT2D eigenvalue weighted by molar-refractivity contribution is 5.94. The van der Waals surface area contributed by atoms with Crippen LogP contribution in [0.4, 0.5) is 0 Å². The van der Waals surface area contributed by atoms with Crippen LogP contribution in [0.5, 0.6) is 0 Å². The van der Waals surface area contributed by atoms with Crippen LogP contribution in [0.3, 0.4) is 0 Å². The van der Waals surface area contributed by atoms with Crippen LogP contribution in [0.15, 0.2) is 18.2 Å². The molecule has 2 rings (SSSR count). The Morgan fingerprint density at radius 1 is 1.19 bits per heavy atom. The predicted molar refractivity (Wildman–Crippen MR) is 84.1 cm³/mol. The van der Waals surface area contributed by atoms with E-state index in [1.165, 1.54) is 24.0 Å². The summed E-state index contributed by atoms with van der Waals surface area (Å²) in [5, 5.41) is 12.5. The average Bonchev–Trinajstić information content (AvgIpc) is 2.97. The van der Waals surface area contributed by atoms with Crippen LogP contribution < -0.4 is 5.32 Å². The third kappa shape index (κ3) is 4.29. The number of hydrogen-bond acceptors (Lipinski definition) is 3. The number of fused-ring (bicyclic) bond motifs is 1. The summed E-state index contributed by atoms with van der Waals surface area (Å²) in [4.78, 5) is 14.4. The Labute approximate surface area is 127 Å². The van der Waals surface area contributed by atoms with E-state index in [1.54, 1.807) is 4.90 Å². The summed E-state index contributed by atoms with van der Waals surface area (Å²) in [6.45, 7) is 5.07. The summed E-state index contributed by atoms with van der Waals surface area (Å²) in [5.74, 6) is 0.0373. The van der Waals surface area contributed by atoms with Crippen molar-refractivity contribution in [3.05, 3.63) is 34.9 Å². The second-order valence-corrected chi connectivity index (χ2v) is 5.66. The molecule has 1 aliphatic heterocycles. The minimum Gasteiger partial charge on any atom is -0.395 e. The smallest absolute Gasteiger partial charge is 0.253 e. The van der Waals surface area contributed by atoms with Gasteiger partial charge in [0.2, 0.25) is 0 Å². The highest BCUT2D eigenvalue weighted by atomic mass is 16.3. The molecule has 1 heterocycles. The number of carbonyl (C=O) groups is 1. The highest BCUT2D eigenvalue weighted by Crippen LogP contribution is 2.18. The number of aliphatic hydroxyl groups is 1. The van der Waals surface area contributed by atoms with Gasteiger partial charge in [0, 0.05) is 31.7 Å². The number of benzene rings is 1. The second-order valence-electron chi connectivity index (χ2n) is 5.66. The molecule has 0 spiro atoms. The number of nitrogens with zero attached hydrogens (tertiary/aromatic N) is 1. The van der Waals surface area contributed by atoms with Crippen molar-refractivity contribution in [3.63, 3.8) is 0 Å². The van der Waals surface area contributed by atoms with E-state index in [0.29, 0.717) is 6.54 Å². The molecule has 1 amide bonds. The van der Waals surface area contributed by atoms with Crippen molar-refractivity contribution in [2.24, 2.45) is 0 Å². The molecule has 0 unspecified atom stereocenters. The summed E-state index contributed by atoms with van der Waals surface area (Å²) in [6.07, 6.45) is 4.53. The maximum atomic E-state index is 12.6. The van der Waals surface area contributed by atoms with Crippen molar-refractivity contribution in [2.75, 3.05) is 19.7 Å². The van der Waals surface area contributed by atoms with Crippen molar-refractivity contribution < 1.29 is 9.90 Å². The van der Waals surface area contributed by atoms with Crippen LogP contribution >= 0.6 is 0 Å². The quantitative estimate of drug-likeness (QED) is 0.722. The molecule has 2 N–H and O–H groups in total. The molecule has 0 bridgehead atoms. The van der Waals surface area contributed by atoms with Gasteiger partial charge in [-0.15, -0.1) is 0 Å². The van der Waals surface area contributed by atoms with E-state index in [9.17, 15) is 9.90 Å². The van der Waals surface area contributed by atoms with Gasteiger partial charge in [-0.3, -0.25) is 4.79 Å². The van der Waals surface area contributed by atoms with Gasteiger partial charge in [0.05, 0.1) is 6.61 Å². The van der Waals surface area contributed by atoms with Gasteiger partial charge in [-0.05, 0) is 29.7 Å². The lowest BCUT2D eigenvalue weighted by Gasteiger charge is -2.22. The van der Waals surface area contributed by atoms with E-state index in [1.807, 2.05) is 18.2 Å². The molecule has 4 heteroatoms. The molecule has 0 atom stereocenters. The number of carbonyl (C=O) groups excluding carboxylic acids is 1. The van der Waals surface area contributed by atoms with E-state index in [-0.39, 0.29) is 12.5 Å². The van der Waals surface area contributed by atoms with Crippen LogP contribution in [-0.2, 0) is 13.1 Å². The fourth-order valence-corrected chi connectivity index (χ4v) is 2.78. The molecule has 1 aromatic carbocycles. The summed E-state index contributed by atoms with van der Waals surface area (Å²) < 4.78 is 0.